The number of benzene rings is 2. The molecule has 0 bridgehead atoms. The van der Waals surface area contributed by atoms with Crippen LogP contribution in [0.25, 0.3) is 0 Å². The largest absolute Gasteiger partial charge is 0.241 e. The van der Waals surface area contributed by atoms with Gasteiger partial charge in [0, 0.05) is 16.1 Å². The van der Waals surface area contributed by atoms with E-state index in [-0.39, 0.29) is 4.90 Å². The van der Waals surface area contributed by atoms with Crippen molar-refractivity contribution in [3.8, 4) is 0 Å². The van der Waals surface area contributed by atoms with Gasteiger partial charge in [-0.3, -0.25) is 0 Å². The maximum absolute atomic E-state index is 12.4. The van der Waals surface area contributed by atoms with Gasteiger partial charge in [0.25, 0.3) is 0 Å². The van der Waals surface area contributed by atoms with E-state index in [1.165, 1.54) is 0 Å². The highest BCUT2D eigenvalue weighted by Crippen LogP contribution is 2.29. The van der Waals surface area contributed by atoms with E-state index in [0.717, 1.165) is 0 Å². The molecule has 0 fully saturated rings. The molecule has 1 atom stereocenters. The monoisotopic (exact) mass is 343 g/mol. The van der Waals surface area contributed by atoms with Gasteiger partial charge in [-0.25, -0.2) is 13.1 Å². The smallest absolute Gasteiger partial charge is 0.207 e. The standard InChI is InChI=1S/C15H15Cl2NO2S/c1-2-15(13-9-8-11(16)10-14(13)17)18-21(19,20)12-6-4-3-5-7-12/h3-10,15,18H,2H2,1H3. The molecule has 2 rings (SSSR count). The van der Waals surface area contributed by atoms with Crippen molar-refractivity contribution in [1.29, 1.82) is 0 Å². The van der Waals surface area contributed by atoms with Crippen LogP contribution in [-0.2, 0) is 10.0 Å². The lowest BCUT2D eigenvalue weighted by molar-refractivity contribution is 0.550. The third-order valence-electron chi connectivity index (χ3n) is 3.10. The fourth-order valence-electron chi connectivity index (χ4n) is 2.01. The van der Waals surface area contributed by atoms with E-state index in [2.05, 4.69) is 4.72 Å². The summed E-state index contributed by atoms with van der Waals surface area (Å²) in [4.78, 5) is 0.230. The first kappa shape index (κ1) is 16.3. The van der Waals surface area contributed by atoms with Gasteiger partial charge >= 0.3 is 0 Å². The molecule has 0 aromatic heterocycles. The van der Waals surface area contributed by atoms with Gasteiger partial charge in [-0.1, -0.05) is 54.4 Å². The first-order chi connectivity index (χ1) is 9.94. The number of sulfonamides is 1. The zero-order chi connectivity index (χ0) is 15.5. The molecule has 0 heterocycles. The first-order valence-electron chi connectivity index (χ1n) is 6.46. The molecule has 0 amide bonds. The Labute approximate surface area is 135 Å². The molecule has 0 spiro atoms. The van der Waals surface area contributed by atoms with Crippen molar-refractivity contribution in [2.24, 2.45) is 0 Å². The van der Waals surface area contributed by atoms with Gasteiger partial charge in [0.2, 0.25) is 10.0 Å². The summed E-state index contributed by atoms with van der Waals surface area (Å²) in [7, 11) is -3.59. The molecule has 2 aromatic rings. The second-order valence-electron chi connectivity index (χ2n) is 4.56. The van der Waals surface area contributed by atoms with E-state index in [0.29, 0.717) is 22.0 Å². The molecule has 112 valence electrons. The van der Waals surface area contributed by atoms with E-state index in [1.54, 1.807) is 48.5 Å². The molecule has 1 unspecified atom stereocenters. The van der Waals surface area contributed by atoms with Crippen molar-refractivity contribution in [2.75, 3.05) is 0 Å². The van der Waals surface area contributed by atoms with Gasteiger partial charge in [0.1, 0.15) is 0 Å². The lowest BCUT2D eigenvalue weighted by atomic mass is 10.1. The summed E-state index contributed by atoms with van der Waals surface area (Å²) in [5.41, 5.74) is 0.711. The Morgan fingerprint density at radius 1 is 1.10 bits per heavy atom. The summed E-state index contributed by atoms with van der Waals surface area (Å²) < 4.78 is 27.4. The fraction of sp³-hybridized carbons (Fsp3) is 0.200. The Kier molecular flexibility index (Phi) is 5.27. The van der Waals surface area contributed by atoms with Crippen LogP contribution in [0, 0.1) is 0 Å². The van der Waals surface area contributed by atoms with E-state index in [4.69, 9.17) is 23.2 Å². The van der Waals surface area contributed by atoms with E-state index in [9.17, 15) is 8.42 Å². The van der Waals surface area contributed by atoms with Gasteiger partial charge in [-0.05, 0) is 36.2 Å². The first-order valence-corrected chi connectivity index (χ1v) is 8.70. The van der Waals surface area contributed by atoms with Crippen LogP contribution in [0.4, 0.5) is 0 Å². The lowest BCUT2D eigenvalue weighted by Gasteiger charge is -2.19. The Morgan fingerprint density at radius 2 is 1.76 bits per heavy atom. The van der Waals surface area contributed by atoms with Gasteiger partial charge in [-0.2, -0.15) is 0 Å². The zero-order valence-corrected chi connectivity index (χ0v) is 13.7. The minimum atomic E-state index is -3.59. The predicted octanol–water partition coefficient (Wildman–Crippen LogP) is 4.42. The molecule has 0 aliphatic rings. The van der Waals surface area contributed by atoms with E-state index >= 15 is 0 Å². The molecule has 2 aromatic carbocycles. The molecular weight excluding hydrogens is 329 g/mol. The molecule has 6 heteroatoms. The number of hydrogen-bond donors (Lipinski definition) is 1. The average molecular weight is 344 g/mol. The molecule has 0 radical (unpaired) electrons. The Balaban J connectivity index is 2.31. The van der Waals surface area contributed by atoms with Crippen LogP contribution in [0.3, 0.4) is 0 Å². The van der Waals surface area contributed by atoms with Crippen molar-refractivity contribution < 1.29 is 8.42 Å². The molecule has 0 aliphatic heterocycles. The molecule has 1 N–H and O–H groups in total. The molecule has 0 saturated heterocycles. The normalized spacial score (nSPS) is 13.1. The maximum atomic E-state index is 12.4. The van der Waals surface area contributed by atoms with Crippen LogP contribution in [0.5, 0.6) is 0 Å². The molecule has 0 saturated carbocycles. The minimum absolute atomic E-state index is 0.230. The third kappa shape index (κ3) is 3.98. The second-order valence-corrected chi connectivity index (χ2v) is 7.12. The van der Waals surface area contributed by atoms with Crippen molar-refractivity contribution in [3.05, 3.63) is 64.1 Å². The van der Waals surface area contributed by atoms with Gasteiger partial charge in [-0.15, -0.1) is 0 Å². The molecule has 0 aliphatic carbocycles. The van der Waals surface area contributed by atoms with E-state index in [1.807, 2.05) is 6.92 Å². The predicted molar refractivity (Wildman–Crippen MR) is 86.3 cm³/mol. The minimum Gasteiger partial charge on any atom is -0.207 e. The number of halogens is 2. The van der Waals surface area contributed by atoms with Crippen LogP contribution in [0.1, 0.15) is 24.9 Å². The average Bonchev–Trinajstić information content (AvgIpc) is 2.46. The highest BCUT2D eigenvalue weighted by Gasteiger charge is 2.21. The van der Waals surface area contributed by atoms with E-state index < -0.39 is 16.1 Å². The zero-order valence-electron chi connectivity index (χ0n) is 11.4. The summed E-state index contributed by atoms with van der Waals surface area (Å²) in [5, 5.41) is 0.967. The van der Waals surface area contributed by atoms with Gasteiger partial charge < -0.3 is 0 Å². The quantitative estimate of drug-likeness (QED) is 0.873. The Bertz CT molecular complexity index is 718. The van der Waals surface area contributed by atoms with Crippen molar-refractivity contribution >= 4 is 33.2 Å². The van der Waals surface area contributed by atoms with Crippen molar-refractivity contribution in [3.63, 3.8) is 0 Å². The Morgan fingerprint density at radius 3 is 2.33 bits per heavy atom. The van der Waals surface area contributed by atoms with Crippen molar-refractivity contribution in [2.45, 2.75) is 24.3 Å². The highest BCUT2D eigenvalue weighted by molar-refractivity contribution is 7.89. The Hall–Kier alpha value is -1.07. The SMILES string of the molecule is CCC(NS(=O)(=O)c1ccccc1)c1ccc(Cl)cc1Cl. The van der Waals surface area contributed by atoms with Crippen molar-refractivity contribution in [1.82, 2.24) is 4.72 Å². The highest BCUT2D eigenvalue weighted by atomic mass is 35.5. The second kappa shape index (κ2) is 6.79. The summed E-state index contributed by atoms with van der Waals surface area (Å²) >= 11 is 12.0. The third-order valence-corrected chi connectivity index (χ3v) is 5.15. The summed E-state index contributed by atoms with van der Waals surface area (Å²) in [5.74, 6) is 0. The number of rotatable bonds is 5. The summed E-state index contributed by atoms with van der Waals surface area (Å²) in [6, 6.07) is 12.9. The van der Waals surface area contributed by atoms with Crippen LogP contribution in [0.15, 0.2) is 53.4 Å². The van der Waals surface area contributed by atoms with Gasteiger partial charge in [0.05, 0.1) is 4.90 Å². The van der Waals surface area contributed by atoms with Crippen LogP contribution < -0.4 is 4.72 Å². The molecule has 3 nitrogen and oxygen atoms in total. The topological polar surface area (TPSA) is 46.2 Å². The fourth-order valence-corrected chi connectivity index (χ4v) is 3.87. The number of hydrogen-bond acceptors (Lipinski definition) is 2. The maximum Gasteiger partial charge on any atom is 0.241 e. The summed E-state index contributed by atoms with van der Waals surface area (Å²) in [6.07, 6.45) is 0.577. The molecular formula is C15H15Cl2NO2S. The van der Waals surface area contributed by atoms with Crippen LogP contribution >= 0.6 is 23.2 Å². The lowest BCUT2D eigenvalue weighted by Crippen LogP contribution is -2.28. The van der Waals surface area contributed by atoms with Gasteiger partial charge in [0.15, 0.2) is 0 Å². The summed E-state index contributed by atoms with van der Waals surface area (Å²) in [6.45, 7) is 1.89. The number of nitrogens with one attached hydrogen (secondary N) is 1. The van der Waals surface area contributed by atoms with Crippen LogP contribution in [-0.4, -0.2) is 8.42 Å². The molecule has 21 heavy (non-hydrogen) atoms. The van der Waals surface area contributed by atoms with Crippen LogP contribution in [0.2, 0.25) is 10.0 Å².